The Bertz CT molecular complexity index is 993. The Balaban J connectivity index is 2.03. The number of aromatic hydroxyl groups is 1. The third-order valence-corrected chi connectivity index (χ3v) is 4.23. The number of phenols is 1. The van der Waals surface area contributed by atoms with Crippen LogP contribution in [0.25, 0.3) is 28.2 Å². The van der Waals surface area contributed by atoms with E-state index >= 15 is 0 Å². The van der Waals surface area contributed by atoms with E-state index in [4.69, 9.17) is 4.98 Å². The van der Waals surface area contributed by atoms with Gasteiger partial charge >= 0.3 is 0 Å². The molecule has 0 saturated heterocycles. The zero-order valence-corrected chi connectivity index (χ0v) is 13.7. The number of aromatic nitrogens is 3. The molecule has 0 spiro atoms. The van der Waals surface area contributed by atoms with E-state index in [1.807, 2.05) is 30.3 Å². The molecule has 4 heteroatoms. The second kappa shape index (κ2) is 5.57. The minimum Gasteiger partial charge on any atom is -0.508 e. The van der Waals surface area contributed by atoms with Crippen molar-refractivity contribution in [2.45, 2.75) is 19.9 Å². The van der Waals surface area contributed by atoms with Crippen molar-refractivity contribution >= 4 is 11.0 Å². The molecule has 0 fully saturated rings. The Labute approximate surface area is 140 Å². The molecule has 2 heterocycles. The predicted molar refractivity (Wildman–Crippen MR) is 96.5 cm³/mol. The molecule has 0 amide bonds. The highest BCUT2D eigenvalue weighted by Gasteiger charge is 2.17. The first kappa shape index (κ1) is 14.6. The largest absolute Gasteiger partial charge is 0.508 e. The molecule has 0 aliphatic rings. The maximum atomic E-state index is 9.61. The van der Waals surface area contributed by atoms with Crippen LogP contribution in [0.4, 0.5) is 0 Å². The highest BCUT2D eigenvalue weighted by atomic mass is 16.3. The molecule has 120 valence electrons. The Morgan fingerprint density at radius 1 is 0.917 bits per heavy atom. The molecule has 0 atom stereocenters. The summed E-state index contributed by atoms with van der Waals surface area (Å²) in [5, 5.41) is 9.61. The van der Waals surface area contributed by atoms with Crippen LogP contribution in [-0.2, 0) is 0 Å². The Hall–Kier alpha value is -3.01. The first-order valence-electron chi connectivity index (χ1n) is 8.09. The number of rotatable bonds is 3. The molecule has 2 aromatic carbocycles. The third kappa shape index (κ3) is 2.27. The van der Waals surface area contributed by atoms with Gasteiger partial charge in [0.05, 0.1) is 16.7 Å². The lowest BCUT2D eigenvalue weighted by Crippen LogP contribution is -2.05. The van der Waals surface area contributed by atoms with Crippen LogP contribution in [0.2, 0.25) is 0 Å². The van der Waals surface area contributed by atoms with Crippen LogP contribution in [0.1, 0.15) is 19.9 Å². The van der Waals surface area contributed by atoms with Gasteiger partial charge in [0.15, 0.2) is 5.82 Å². The van der Waals surface area contributed by atoms with Crippen molar-refractivity contribution in [1.29, 1.82) is 0 Å². The molecule has 24 heavy (non-hydrogen) atoms. The Morgan fingerprint density at radius 2 is 1.67 bits per heavy atom. The van der Waals surface area contributed by atoms with Crippen molar-refractivity contribution in [2.75, 3.05) is 0 Å². The number of imidazole rings is 1. The van der Waals surface area contributed by atoms with Crippen LogP contribution < -0.4 is 0 Å². The summed E-state index contributed by atoms with van der Waals surface area (Å²) in [6.07, 6.45) is 2.08. The second-order valence-electron chi connectivity index (χ2n) is 6.17. The molecular weight excluding hydrogens is 298 g/mol. The maximum absolute atomic E-state index is 9.61. The Kier molecular flexibility index (Phi) is 3.38. The first-order chi connectivity index (χ1) is 11.6. The predicted octanol–water partition coefficient (Wildman–Crippen LogP) is 4.78. The molecule has 4 rings (SSSR count). The molecule has 0 unspecified atom stereocenters. The van der Waals surface area contributed by atoms with E-state index in [-0.39, 0.29) is 5.75 Å². The number of benzene rings is 2. The molecule has 0 bridgehead atoms. The van der Waals surface area contributed by atoms with E-state index in [1.165, 1.54) is 0 Å². The van der Waals surface area contributed by atoms with Crippen LogP contribution in [-0.4, -0.2) is 19.2 Å². The SMILES string of the molecule is CC(C)n1cccc1-c1nc2ccccc2n1-c1ccc(O)cc1. The summed E-state index contributed by atoms with van der Waals surface area (Å²) in [5.74, 6) is 1.16. The van der Waals surface area contributed by atoms with Crippen LogP contribution in [0.5, 0.6) is 5.75 Å². The van der Waals surface area contributed by atoms with Gasteiger partial charge in [-0.05, 0) is 62.4 Å². The topological polar surface area (TPSA) is 43.0 Å². The van der Waals surface area contributed by atoms with E-state index in [0.29, 0.717) is 6.04 Å². The fourth-order valence-corrected chi connectivity index (χ4v) is 3.09. The average molecular weight is 317 g/mol. The molecule has 0 radical (unpaired) electrons. The van der Waals surface area contributed by atoms with Crippen molar-refractivity contribution < 1.29 is 5.11 Å². The number of para-hydroxylation sites is 2. The van der Waals surface area contributed by atoms with Crippen molar-refractivity contribution in [3.05, 3.63) is 66.9 Å². The van der Waals surface area contributed by atoms with Gasteiger partial charge in [-0.2, -0.15) is 0 Å². The average Bonchev–Trinajstić information content (AvgIpc) is 3.20. The van der Waals surface area contributed by atoms with E-state index in [9.17, 15) is 5.11 Å². The van der Waals surface area contributed by atoms with Gasteiger partial charge in [0.2, 0.25) is 0 Å². The standard InChI is InChI=1S/C20H19N3O/c1-14(2)22-13-5-8-19(22)20-21-17-6-3-4-7-18(17)23(20)15-9-11-16(24)12-10-15/h3-14,24H,1-2H3. The van der Waals surface area contributed by atoms with Gasteiger partial charge < -0.3 is 9.67 Å². The molecule has 2 aromatic heterocycles. The van der Waals surface area contributed by atoms with Gasteiger partial charge in [0.1, 0.15) is 5.75 Å². The van der Waals surface area contributed by atoms with Crippen LogP contribution in [0.15, 0.2) is 66.9 Å². The van der Waals surface area contributed by atoms with Crippen molar-refractivity contribution in [2.24, 2.45) is 0 Å². The lowest BCUT2D eigenvalue weighted by atomic mass is 10.2. The van der Waals surface area contributed by atoms with Crippen LogP contribution in [0.3, 0.4) is 0 Å². The highest BCUT2D eigenvalue weighted by Crippen LogP contribution is 2.30. The molecule has 0 saturated carbocycles. The third-order valence-electron chi connectivity index (χ3n) is 4.23. The van der Waals surface area contributed by atoms with E-state index in [0.717, 1.165) is 28.2 Å². The van der Waals surface area contributed by atoms with E-state index < -0.39 is 0 Å². The number of fused-ring (bicyclic) bond motifs is 1. The molecule has 4 aromatic rings. The lowest BCUT2D eigenvalue weighted by molar-refractivity contribution is 0.475. The quantitative estimate of drug-likeness (QED) is 0.591. The van der Waals surface area contributed by atoms with E-state index in [1.54, 1.807) is 12.1 Å². The van der Waals surface area contributed by atoms with Gasteiger partial charge in [-0.3, -0.25) is 4.57 Å². The van der Waals surface area contributed by atoms with Crippen LogP contribution in [0, 0.1) is 0 Å². The monoisotopic (exact) mass is 317 g/mol. The van der Waals surface area contributed by atoms with Crippen molar-refractivity contribution in [3.63, 3.8) is 0 Å². The van der Waals surface area contributed by atoms with Gasteiger partial charge in [0, 0.05) is 17.9 Å². The fraction of sp³-hybridized carbons (Fsp3) is 0.150. The summed E-state index contributed by atoms with van der Waals surface area (Å²) >= 11 is 0. The van der Waals surface area contributed by atoms with Gasteiger partial charge in [0.25, 0.3) is 0 Å². The van der Waals surface area contributed by atoms with Crippen molar-refractivity contribution in [1.82, 2.24) is 14.1 Å². The maximum Gasteiger partial charge on any atom is 0.162 e. The molecule has 0 aliphatic carbocycles. The Morgan fingerprint density at radius 3 is 2.42 bits per heavy atom. The summed E-state index contributed by atoms with van der Waals surface area (Å²) in [7, 11) is 0. The molecule has 4 nitrogen and oxygen atoms in total. The first-order valence-corrected chi connectivity index (χ1v) is 8.09. The summed E-state index contributed by atoms with van der Waals surface area (Å²) < 4.78 is 4.36. The van der Waals surface area contributed by atoms with E-state index in [2.05, 4.69) is 47.4 Å². The fourth-order valence-electron chi connectivity index (χ4n) is 3.09. The summed E-state index contributed by atoms with van der Waals surface area (Å²) in [4.78, 5) is 4.88. The number of hydrogen-bond acceptors (Lipinski definition) is 2. The molecule has 1 N–H and O–H groups in total. The summed E-state index contributed by atoms with van der Waals surface area (Å²) in [5.41, 5.74) is 4.06. The zero-order chi connectivity index (χ0) is 16.7. The second-order valence-corrected chi connectivity index (χ2v) is 6.17. The zero-order valence-electron chi connectivity index (χ0n) is 13.7. The summed E-state index contributed by atoms with van der Waals surface area (Å²) in [6, 6.07) is 19.8. The summed E-state index contributed by atoms with van der Waals surface area (Å²) in [6.45, 7) is 4.33. The normalized spacial score (nSPS) is 11.5. The number of hydrogen-bond donors (Lipinski definition) is 1. The molecule has 0 aliphatic heterocycles. The van der Waals surface area contributed by atoms with Gasteiger partial charge in [-0.1, -0.05) is 12.1 Å². The van der Waals surface area contributed by atoms with Gasteiger partial charge in [-0.25, -0.2) is 4.98 Å². The van der Waals surface area contributed by atoms with Gasteiger partial charge in [-0.15, -0.1) is 0 Å². The minimum absolute atomic E-state index is 0.260. The smallest absolute Gasteiger partial charge is 0.162 e. The highest BCUT2D eigenvalue weighted by molar-refractivity contribution is 5.82. The lowest BCUT2D eigenvalue weighted by Gasteiger charge is -2.15. The minimum atomic E-state index is 0.260. The number of nitrogens with zero attached hydrogens (tertiary/aromatic N) is 3. The molecular formula is C20H19N3O. The van der Waals surface area contributed by atoms with Crippen molar-refractivity contribution in [3.8, 4) is 23.0 Å². The number of phenolic OH excluding ortho intramolecular Hbond substituents is 1. The van der Waals surface area contributed by atoms with Crippen LogP contribution >= 0.6 is 0 Å².